The van der Waals surface area contributed by atoms with Gasteiger partial charge >= 0.3 is 5.63 Å². The van der Waals surface area contributed by atoms with Crippen LogP contribution in [0, 0.1) is 6.92 Å². The molecule has 1 amide bonds. The van der Waals surface area contributed by atoms with Gasteiger partial charge in [0, 0.05) is 18.0 Å². The lowest BCUT2D eigenvalue weighted by Crippen LogP contribution is -2.29. The Morgan fingerprint density at radius 2 is 1.77 bits per heavy atom. The molecule has 0 spiro atoms. The van der Waals surface area contributed by atoms with Crippen LogP contribution in [0.4, 0.5) is 0 Å². The van der Waals surface area contributed by atoms with E-state index < -0.39 is 5.63 Å². The van der Waals surface area contributed by atoms with Crippen LogP contribution in [-0.2, 0) is 17.6 Å². The van der Waals surface area contributed by atoms with Gasteiger partial charge in [0.25, 0.3) is 0 Å². The molecule has 2 aromatic carbocycles. The quantitative estimate of drug-likeness (QED) is 0.574. The van der Waals surface area contributed by atoms with Crippen molar-refractivity contribution in [1.82, 2.24) is 5.32 Å². The van der Waals surface area contributed by atoms with E-state index in [4.69, 9.17) is 18.6 Å². The second kappa shape index (κ2) is 9.35. The van der Waals surface area contributed by atoms with Gasteiger partial charge in [-0.1, -0.05) is 12.1 Å². The Bertz CT molecular complexity index is 1120. The third-order valence-electron chi connectivity index (χ3n) is 5.00. The van der Waals surface area contributed by atoms with Crippen molar-refractivity contribution in [3.8, 4) is 17.2 Å². The van der Waals surface area contributed by atoms with Crippen LogP contribution in [0.5, 0.6) is 17.2 Å². The van der Waals surface area contributed by atoms with Crippen molar-refractivity contribution in [1.29, 1.82) is 0 Å². The molecular formula is C23H25NO6. The highest BCUT2D eigenvalue weighted by atomic mass is 16.5. The molecule has 1 aromatic heterocycles. The summed E-state index contributed by atoms with van der Waals surface area (Å²) in [5.74, 6) is 1.52. The Hall–Kier alpha value is -3.48. The summed E-state index contributed by atoms with van der Waals surface area (Å²) in [6.07, 6.45) is 0.599. The van der Waals surface area contributed by atoms with E-state index in [-0.39, 0.29) is 12.3 Å². The summed E-state index contributed by atoms with van der Waals surface area (Å²) in [7, 11) is 4.66. The minimum absolute atomic E-state index is 0.0590. The number of fused-ring (bicyclic) bond motifs is 1. The lowest BCUT2D eigenvalue weighted by molar-refractivity contribution is -0.120. The van der Waals surface area contributed by atoms with Gasteiger partial charge in [-0.3, -0.25) is 4.79 Å². The number of rotatable bonds is 8. The van der Waals surface area contributed by atoms with Crippen LogP contribution in [-0.4, -0.2) is 33.8 Å². The number of aryl methyl sites for hydroxylation is 1. The first-order valence-electron chi connectivity index (χ1n) is 9.54. The normalized spacial score (nSPS) is 10.7. The largest absolute Gasteiger partial charge is 0.497 e. The molecule has 1 N–H and O–H groups in total. The Morgan fingerprint density at radius 1 is 1.03 bits per heavy atom. The minimum atomic E-state index is -0.532. The maximum absolute atomic E-state index is 12.5. The molecule has 7 heteroatoms. The Balaban J connectivity index is 1.74. The third kappa shape index (κ3) is 4.56. The van der Waals surface area contributed by atoms with Gasteiger partial charge in [0.1, 0.15) is 11.3 Å². The third-order valence-corrected chi connectivity index (χ3v) is 5.00. The van der Waals surface area contributed by atoms with Crippen molar-refractivity contribution >= 4 is 16.9 Å². The number of ether oxygens (including phenoxy) is 3. The molecule has 0 atom stereocenters. The molecule has 0 fully saturated rings. The maximum Gasteiger partial charge on any atom is 0.340 e. The SMILES string of the molecule is COc1cccc(CCNC(=O)Cc2c(C)c3cc(OC)c(OC)cc3oc2=O)c1. The van der Waals surface area contributed by atoms with Crippen molar-refractivity contribution in [3.63, 3.8) is 0 Å². The molecule has 3 rings (SSSR count). The molecule has 158 valence electrons. The molecule has 0 bridgehead atoms. The van der Waals surface area contributed by atoms with E-state index >= 15 is 0 Å². The summed E-state index contributed by atoms with van der Waals surface area (Å²) < 4.78 is 21.2. The smallest absolute Gasteiger partial charge is 0.340 e. The molecule has 0 saturated carbocycles. The van der Waals surface area contributed by atoms with Crippen molar-refractivity contribution < 1.29 is 23.4 Å². The highest BCUT2D eigenvalue weighted by Crippen LogP contribution is 2.33. The fourth-order valence-electron chi connectivity index (χ4n) is 3.32. The lowest BCUT2D eigenvalue weighted by atomic mass is 10.0. The molecular weight excluding hydrogens is 386 g/mol. The van der Waals surface area contributed by atoms with Gasteiger partial charge < -0.3 is 23.9 Å². The van der Waals surface area contributed by atoms with E-state index in [0.717, 1.165) is 11.3 Å². The number of carbonyl (C=O) groups is 1. The number of hydrogen-bond donors (Lipinski definition) is 1. The number of nitrogens with one attached hydrogen (secondary N) is 1. The highest BCUT2D eigenvalue weighted by Gasteiger charge is 2.17. The summed E-state index contributed by atoms with van der Waals surface area (Å²) in [6, 6.07) is 11.0. The van der Waals surface area contributed by atoms with Gasteiger partial charge in [0.05, 0.1) is 33.3 Å². The van der Waals surface area contributed by atoms with Crippen LogP contribution in [0.15, 0.2) is 45.6 Å². The fourth-order valence-corrected chi connectivity index (χ4v) is 3.32. The van der Waals surface area contributed by atoms with Crippen molar-refractivity contribution in [3.05, 3.63) is 63.5 Å². The minimum Gasteiger partial charge on any atom is -0.497 e. The molecule has 7 nitrogen and oxygen atoms in total. The summed E-state index contributed by atoms with van der Waals surface area (Å²) in [5.41, 5.74) is 1.92. The van der Waals surface area contributed by atoms with Gasteiger partial charge in [-0.2, -0.15) is 0 Å². The van der Waals surface area contributed by atoms with Crippen LogP contribution < -0.4 is 25.2 Å². The van der Waals surface area contributed by atoms with E-state index in [9.17, 15) is 9.59 Å². The first kappa shape index (κ1) is 21.2. The Morgan fingerprint density at radius 3 is 2.47 bits per heavy atom. The molecule has 0 unspecified atom stereocenters. The molecule has 0 aliphatic rings. The summed E-state index contributed by atoms with van der Waals surface area (Å²) >= 11 is 0. The average Bonchev–Trinajstić information content (AvgIpc) is 2.76. The van der Waals surface area contributed by atoms with E-state index in [1.807, 2.05) is 24.3 Å². The molecule has 1 heterocycles. The fraction of sp³-hybridized carbons (Fsp3) is 0.304. The number of hydrogen-bond acceptors (Lipinski definition) is 6. The first-order chi connectivity index (χ1) is 14.5. The molecule has 3 aromatic rings. The Kier molecular flexibility index (Phi) is 6.61. The zero-order chi connectivity index (χ0) is 21.7. The lowest BCUT2D eigenvalue weighted by Gasteiger charge is -2.12. The second-order valence-corrected chi connectivity index (χ2v) is 6.82. The number of methoxy groups -OCH3 is 3. The van der Waals surface area contributed by atoms with Gasteiger partial charge in [-0.05, 0) is 42.7 Å². The van der Waals surface area contributed by atoms with Crippen molar-refractivity contribution in [2.75, 3.05) is 27.9 Å². The summed E-state index contributed by atoms with van der Waals surface area (Å²) in [4.78, 5) is 24.9. The second-order valence-electron chi connectivity index (χ2n) is 6.82. The van der Waals surface area contributed by atoms with Gasteiger partial charge in [-0.15, -0.1) is 0 Å². The molecule has 0 saturated heterocycles. The standard InChI is InChI=1S/C23H25NO6/c1-14-17-11-20(28-3)21(29-4)13-19(17)30-23(26)18(14)12-22(25)24-9-8-15-6-5-7-16(10-15)27-2/h5-7,10-11,13H,8-9,12H2,1-4H3,(H,24,25). The van der Waals surface area contributed by atoms with Crippen LogP contribution in [0.25, 0.3) is 11.0 Å². The molecule has 0 aliphatic heterocycles. The highest BCUT2D eigenvalue weighted by molar-refractivity contribution is 5.86. The van der Waals surface area contributed by atoms with Crippen LogP contribution in [0.1, 0.15) is 16.7 Å². The number of amides is 1. The number of carbonyl (C=O) groups excluding carboxylic acids is 1. The van der Waals surface area contributed by atoms with Crippen molar-refractivity contribution in [2.45, 2.75) is 19.8 Å². The Labute approximate surface area is 174 Å². The first-order valence-corrected chi connectivity index (χ1v) is 9.54. The van der Waals surface area contributed by atoms with E-state index in [1.54, 1.807) is 26.2 Å². The van der Waals surface area contributed by atoms with Gasteiger partial charge in [0.2, 0.25) is 5.91 Å². The summed E-state index contributed by atoms with van der Waals surface area (Å²) in [5, 5.41) is 3.56. The van der Waals surface area contributed by atoms with Gasteiger partial charge in [-0.25, -0.2) is 4.79 Å². The predicted octanol–water partition coefficient (Wildman–Crippen LogP) is 3.03. The molecule has 0 radical (unpaired) electrons. The predicted molar refractivity (Wildman–Crippen MR) is 114 cm³/mol. The maximum atomic E-state index is 12.5. The van der Waals surface area contributed by atoms with Crippen molar-refractivity contribution in [2.24, 2.45) is 0 Å². The molecule has 30 heavy (non-hydrogen) atoms. The van der Waals surface area contributed by atoms with E-state index in [1.165, 1.54) is 14.2 Å². The van der Waals surface area contributed by atoms with Gasteiger partial charge in [0.15, 0.2) is 11.5 Å². The average molecular weight is 411 g/mol. The van der Waals surface area contributed by atoms with Crippen LogP contribution in [0.2, 0.25) is 0 Å². The van der Waals surface area contributed by atoms with E-state index in [2.05, 4.69) is 5.32 Å². The van der Waals surface area contributed by atoms with Crippen LogP contribution in [0.3, 0.4) is 0 Å². The monoisotopic (exact) mass is 411 g/mol. The zero-order valence-corrected chi connectivity index (χ0v) is 17.5. The van der Waals surface area contributed by atoms with E-state index in [0.29, 0.717) is 46.6 Å². The van der Waals surface area contributed by atoms with Crippen LogP contribution >= 0.6 is 0 Å². The topological polar surface area (TPSA) is 87.0 Å². The summed E-state index contributed by atoms with van der Waals surface area (Å²) in [6.45, 7) is 2.25. The molecule has 0 aliphatic carbocycles. The number of benzene rings is 2. The zero-order valence-electron chi connectivity index (χ0n) is 17.5.